The van der Waals surface area contributed by atoms with Crippen LogP contribution in [0.5, 0.6) is 0 Å². The first-order chi connectivity index (χ1) is 6.09. The van der Waals surface area contributed by atoms with Gasteiger partial charge in [0.2, 0.25) is 0 Å². The summed E-state index contributed by atoms with van der Waals surface area (Å²) in [4.78, 5) is 7.34. The standard InChI is InChI=1S/C7H9FN2O2S/c1-5(13(11)12)2-7-9-3-6(8)4-10-7/h3-5H,2H2,1H3,(H,11,12)/t5-/m1/s1. The van der Waals surface area contributed by atoms with Crippen molar-refractivity contribution < 1.29 is 13.2 Å². The van der Waals surface area contributed by atoms with Crippen LogP contribution in [0, 0.1) is 5.82 Å². The SMILES string of the molecule is C[C@H](Cc1ncc(F)cn1)S(=O)O. The molecule has 0 aliphatic carbocycles. The lowest BCUT2D eigenvalue weighted by Crippen LogP contribution is -2.14. The fourth-order valence-electron chi connectivity index (χ4n) is 0.773. The molecule has 2 atom stereocenters. The number of halogens is 1. The van der Waals surface area contributed by atoms with Gasteiger partial charge in [-0.25, -0.2) is 18.6 Å². The Morgan fingerprint density at radius 3 is 2.62 bits per heavy atom. The van der Waals surface area contributed by atoms with E-state index in [1.807, 2.05) is 0 Å². The summed E-state index contributed by atoms with van der Waals surface area (Å²) in [6, 6.07) is 0. The van der Waals surface area contributed by atoms with Crippen LogP contribution >= 0.6 is 0 Å². The first kappa shape index (κ1) is 10.2. The zero-order valence-corrected chi connectivity index (χ0v) is 7.79. The van der Waals surface area contributed by atoms with Crippen LogP contribution < -0.4 is 0 Å². The van der Waals surface area contributed by atoms with Gasteiger partial charge in [-0.1, -0.05) is 0 Å². The monoisotopic (exact) mass is 204 g/mol. The molecule has 1 unspecified atom stereocenters. The molecule has 1 N–H and O–H groups in total. The lowest BCUT2D eigenvalue weighted by Gasteiger charge is -2.04. The second kappa shape index (κ2) is 4.38. The van der Waals surface area contributed by atoms with Crippen LogP contribution in [0.25, 0.3) is 0 Å². The van der Waals surface area contributed by atoms with E-state index in [4.69, 9.17) is 4.55 Å². The second-order valence-electron chi connectivity index (χ2n) is 2.61. The molecule has 0 saturated heterocycles. The van der Waals surface area contributed by atoms with Crippen molar-refractivity contribution in [2.24, 2.45) is 0 Å². The number of aromatic nitrogens is 2. The molecule has 0 saturated carbocycles. The minimum Gasteiger partial charge on any atom is -0.306 e. The van der Waals surface area contributed by atoms with Gasteiger partial charge in [0.25, 0.3) is 0 Å². The molecule has 1 rings (SSSR count). The summed E-state index contributed by atoms with van der Waals surface area (Å²) >= 11 is -1.89. The predicted octanol–water partition coefficient (Wildman–Crippen LogP) is 0.768. The van der Waals surface area contributed by atoms with Crippen molar-refractivity contribution in [3.63, 3.8) is 0 Å². The molecule has 1 aromatic heterocycles. The molecule has 0 radical (unpaired) electrons. The van der Waals surface area contributed by atoms with Gasteiger partial charge in [-0.3, -0.25) is 0 Å². The van der Waals surface area contributed by atoms with Crippen LogP contribution in [0.4, 0.5) is 4.39 Å². The normalized spacial score (nSPS) is 15.3. The quantitative estimate of drug-likeness (QED) is 0.738. The molecule has 0 fully saturated rings. The smallest absolute Gasteiger partial charge is 0.159 e. The molecule has 0 aliphatic heterocycles. The maximum atomic E-state index is 12.3. The first-order valence-corrected chi connectivity index (χ1v) is 4.82. The minimum absolute atomic E-state index is 0.267. The highest BCUT2D eigenvalue weighted by molar-refractivity contribution is 7.79. The van der Waals surface area contributed by atoms with Gasteiger partial charge in [-0.2, -0.15) is 0 Å². The number of rotatable bonds is 3. The topological polar surface area (TPSA) is 63.1 Å². The molecular formula is C7H9FN2O2S. The Kier molecular flexibility index (Phi) is 3.44. The van der Waals surface area contributed by atoms with Crippen molar-refractivity contribution in [3.8, 4) is 0 Å². The average molecular weight is 204 g/mol. The summed E-state index contributed by atoms with van der Waals surface area (Å²) in [5.41, 5.74) is 0. The summed E-state index contributed by atoms with van der Waals surface area (Å²) in [5, 5.41) is -0.439. The Bertz CT molecular complexity index is 304. The fraction of sp³-hybridized carbons (Fsp3) is 0.429. The van der Waals surface area contributed by atoms with E-state index >= 15 is 0 Å². The molecule has 0 aliphatic rings. The molecule has 0 bridgehead atoms. The van der Waals surface area contributed by atoms with Crippen LogP contribution in [-0.2, 0) is 17.5 Å². The maximum Gasteiger partial charge on any atom is 0.159 e. The lowest BCUT2D eigenvalue weighted by atomic mass is 10.3. The van der Waals surface area contributed by atoms with Gasteiger partial charge in [0.1, 0.15) is 5.82 Å². The molecule has 4 nitrogen and oxygen atoms in total. The van der Waals surface area contributed by atoms with Crippen molar-refractivity contribution in [2.45, 2.75) is 18.6 Å². The van der Waals surface area contributed by atoms with E-state index in [1.165, 1.54) is 0 Å². The van der Waals surface area contributed by atoms with Crippen molar-refractivity contribution >= 4 is 11.1 Å². The largest absolute Gasteiger partial charge is 0.306 e. The van der Waals surface area contributed by atoms with Gasteiger partial charge < -0.3 is 4.55 Å². The lowest BCUT2D eigenvalue weighted by molar-refractivity contribution is 0.548. The molecule has 1 aromatic rings. The van der Waals surface area contributed by atoms with E-state index in [0.717, 1.165) is 12.4 Å². The Labute approximate surface area is 77.5 Å². The zero-order chi connectivity index (χ0) is 9.84. The van der Waals surface area contributed by atoms with Crippen LogP contribution in [-0.4, -0.2) is 24.0 Å². The molecule has 72 valence electrons. The van der Waals surface area contributed by atoms with Crippen LogP contribution in [0.2, 0.25) is 0 Å². The summed E-state index contributed by atoms with van der Waals surface area (Å²) in [5.74, 6) is -0.141. The summed E-state index contributed by atoms with van der Waals surface area (Å²) in [7, 11) is 0. The second-order valence-corrected chi connectivity index (χ2v) is 3.97. The van der Waals surface area contributed by atoms with Crippen LogP contribution in [0.1, 0.15) is 12.7 Å². The van der Waals surface area contributed by atoms with E-state index in [2.05, 4.69) is 9.97 Å². The molecule has 6 heteroatoms. The minimum atomic E-state index is -1.89. The van der Waals surface area contributed by atoms with E-state index in [1.54, 1.807) is 6.92 Å². The van der Waals surface area contributed by atoms with E-state index < -0.39 is 22.1 Å². The molecule has 13 heavy (non-hydrogen) atoms. The zero-order valence-electron chi connectivity index (χ0n) is 6.98. The van der Waals surface area contributed by atoms with Crippen LogP contribution in [0.3, 0.4) is 0 Å². The number of hydrogen-bond acceptors (Lipinski definition) is 3. The third-order valence-electron chi connectivity index (χ3n) is 1.49. The molecular weight excluding hydrogens is 195 g/mol. The Morgan fingerprint density at radius 2 is 2.15 bits per heavy atom. The van der Waals surface area contributed by atoms with Crippen molar-refractivity contribution in [1.82, 2.24) is 9.97 Å². The van der Waals surface area contributed by atoms with Crippen molar-refractivity contribution in [1.29, 1.82) is 0 Å². The van der Waals surface area contributed by atoms with Gasteiger partial charge in [0, 0.05) is 6.42 Å². The van der Waals surface area contributed by atoms with E-state index in [9.17, 15) is 8.60 Å². The van der Waals surface area contributed by atoms with E-state index in [-0.39, 0.29) is 6.42 Å². The predicted molar refractivity (Wildman–Crippen MR) is 45.9 cm³/mol. The van der Waals surface area contributed by atoms with Crippen molar-refractivity contribution in [2.75, 3.05) is 0 Å². The van der Waals surface area contributed by atoms with Crippen molar-refractivity contribution in [3.05, 3.63) is 24.0 Å². The Balaban J connectivity index is 2.64. The van der Waals surface area contributed by atoms with Gasteiger partial charge in [0.15, 0.2) is 16.9 Å². The summed E-state index contributed by atoms with van der Waals surface area (Å²) in [6.07, 6.45) is 2.34. The third kappa shape index (κ3) is 3.16. The highest BCUT2D eigenvalue weighted by Gasteiger charge is 2.10. The van der Waals surface area contributed by atoms with E-state index in [0.29, 0.717) is 5.82 Å². The number of hydrogen-bond donors (Lipinski definition) is 1. The average Bonchev–Trinajstić information content (AvgIpc) is 2.08. The van der Waals surface area contributed by atoms with Gasteiger partial charge in [-0.05, 0) is 6.92 Å². The fourth-order valence-corrected chi connectivity index (χ4v) is 1.06. The highest BCUT2D eigenvalue weighted by atomic mass is 32.2. The third-order valence-corrected chi connectivity index (χ3v) is 2.34. The Morgan fingerprint density at radius 1 is 1.62 bits per heavy atom. The van der Waals surface area contributed by atoms with Gasteiger partial charge >= 0.3 is 0 Å². The Hall–Kier alpha value is -0.880. The maximum absolute atomic E-state index is 12.3. The summed E-state index contributed by atoms with van der Waals surface area (Å²) in [6.45, 7) is 1.60. The van der Waals surface area contributed by atoms with Gasteiger partial charge in [-0.15, -0.1) is 0 Å². The molecule has 0 amide bonds. The molecule has 0 spiro atoms. The highest BCUT2D eigenvalue weighted by Crippen LogP contribution is 2.01. The first-order valence-electron chi connectivity index (χ1n) is 3.65. The molecule has 0 aromatic carbocycles. The van der Waals surface area contributed by atoms with Gasteiger partial charge in [0.05, 0.1) is 17.6 Å². The van der Waals surface area contributed by atoms with Crippen LogP contribution in [0.15, 0.2) is 12.4 Å². The summed E-state index contributed by atoms with van der Waals surface area (Å²) < 4.78 is 31.6. The molecule has 1 heterocycles. The number of nitrogens with zero attached hydrogens (tertiary/aromatic N) is 2.